The molecule has 1 rings (SSSR count). The molecule has 0 fully saturated rings. The summed E-state index contributed by atoms with van der Waals surface area (Å²) in [7, 11) is 0. The van der Waals surface area contributed by atoms with Crippen LogP contribution in [0, 0.1) is 12.7 Å². The third kappa shape index (κ3) is 3.87. The van der Waals surface area contributed by atoms with E-state index in [0.29, 0.717) is 16.8 Å². The van der Waals surface area contributed by atoms with Crippen LogP contribution in [0.1, 0.15) is 31.9 Å². The molecule has 0 atom stereocenters. The first-order valence-corrected chi connectivity index (χ1v) is 5.66. The van der Waals surface area contributed by atoms with E-state index in [2.05, 4.69) is 0 Å². The third-order valence-corrected chi connectivity index (χ3v) is 2.30. The Kier molecular flexibility index (Phi) is 4.11. The minimum atomic E-state index is -0.565. The highest BCUT2D eigenvalue weighted by atomic mass is 19.1. The number of nitrogen functional groups attached to an aromatic ring is 1. The van der Waals surface area contributed by atoms with Gasteiger partial charge in [-0.1, -0.05) is 0 Å². The lowest BCUT2D eigenvalue weighted by molar-refractivity contribution is -0.148. The molecule has 0 spiro atoms. The Labute approximate surface area is 106 Å². The van der Waals surface area contributed by atoms with Crippen LogP contribution in [0.15, 0.2) is 18.2 Å². The van der Waals surface area contributed by atoms with Crippen molar-refractivity contribution in [3.05, 3.63) is 35.2 Å². The predicted octanol–water partition coefficient (Wildman–Crippen LogP) is 3.07. The average Bonchev–Trinajstić information content (AvgIpc) is 2.21. The van der Waals surface area contributed by atoms with Gasteiger partial charge < -0.3 is 10.5 Å². The fourth-order valence-electron chi connectivity index (χ4n) is 1.40. The Morgan fingerprint density at radius 2 is 2.00 bits per heavy atom. The number of rotatable bonds is 2. The average molecular weight is 251 g/mol. The Morgan fingerprint density at radius 1 is 1.39 bits per heavy atom. The van der Waals surface area contributed by atoms with E-state index in [1.165, 1.54) is 24.3 Å². The molecule has 0 unspecified atom stereocenters. The van der Waals surface area contributed by atoms with Crippen LogP contribution in [0.3, 0.4) is 0 Å². The number of halogens is 1. The summed E-state index contributed by atoms with van der Waals surface area (Å²) in [6.45, 7) is 7.01. The van der Waals surface area contributed by atoms with Crippen LogP contribution in [-0.2, 0) is 9.53 Å². The highest BCUT2D eigenvalue weighted by molar-refractivity contribution is 5.88. The number of hydrogen-bond acceptors (Lipinski definition) is 3. The summed E-state index contributed by atoms with van der Waals surface area (Å²) in [5.41, 5.74) is 6.52. The van der Waals surface area contributed by atoms with Crippen LogP contribution in [0.25, 0.3) is 6.08 Å². The number of nitrogens with two attached hydrogens (primary N) is 1. The molecular formula is C14H18FNO2. The highest BCUT2D eigenvalue weighted by Crippen LogP contribution is 2.20. The van der Waals surface area contributed by atoms with E-state index in [1.54, 1.807) is 27.7 Å². The second-order valence-electron chi connectivity index (χ2n) is 5.04. The predicted molar refractivity (Wildman–Crippen MR) is 70.4 cm³/mol. The SMILES string of the molecule is Cc1c(N)ccc(F)c1/C=C/C(=O)OC(C)(C)C. The first kappa shape index (κ1) is 14.2. The number of esters is 1. The summed E-state index contributed by atoms with van der Waals surface area (Å²) in [6, 6.07) is 2.77. The Hall–Kier alpha value is -1.84. The quantitative estimate of drug-likeness (QED) is 0.499. The van der Waals surface area contributed by atoms with E-state index >= 15 is 0 Å². The fraction of sp³-hybridized carbons (Fsp3) is 0.357. The van der Waals surface area contributed by atoms with Gasteiger partial charge in [0.15, 0.2) is 0 Å². The van der Waals surface area contributed by atoms with Gasteiger partial charge in [-0.25, -0.2) is 9.18 Å². The second kappa shape index (κ2) is 5.21. The molecule has 0 aliphatic carbocycles. The highest BCUT2D eigenvalue weighted by Gasteiger charge is 2.14. The van der Waals surface area contributed by atoms with Gasteiger partial charge in [0.2, 0.25) is 0 Å². The molecule has 0 heterocycles. The fourth-order valence-corrected chi connectivity index (χ4v) is 1.40. The Morgan fingerprint density at radius 3 is 2.56 bits per heavy atom. The van der Waals surface area contributed by atoms with Crippen LogP contribution in [0.5, 0.6) is 0 Å². The number of ether oxygens (including phenoxy) is 1. The number of benzene rings is 1. The zero-order valence-corrected chi connectivity index (χ0v) is 11.1. The molecule has 0 aliphatic rings. The van der Waals surface area contributed by atoms with E-state index in [1.807, 2.05) is 0 Å². The van der Waals surface area contributed by atoms with Crippen molar-refractivity contribution in [3.63, 3.8) is 0 Å². The van der Waals surface area contributed by atoms with Crippen LogP contribution in [0.4, 0.5) is 10.1 Å². The van der Waals surface area contributed by atoms with Crippen molar-refractivity contribution in [2.45, 2.75) is 33.3 Å². The van der Waals surface area contributed by atoms with Gasteiger partial charge in [-0.3, -0.25) is 0 Å². The second-order valence-corrected chi connectivity index (χ2v) is 5.04. The standard InChI is InChI=1S/C14H18FNO2/c1-9-10(11(15)6-7-12(9)16)5-8-13(17)18-14(2,3)4/h5-8H,16H2,1-4H3/b8-5+. The van der Waals surface area contributed by atoms with Gasteiger partial charge in [-0.15, -0.1) is 0 Å². The summed E-state index contributed by atoms with van der Waals surface area (Å²) < 4.78 is 18.6. The Bertz CT molecular complexity index is 487. The molecule has 0 saturated heterocycles. The largest absolute Gasteiger partial charge is 0.457 e. The van der Waals surface area contributed by atoms with Crippen LogP contribution in [-0.4, -0.2) is 11.6 Å². The number of hydrogen-bond donors (Lipinski definition) is 1. The molecule has 18 heavy (non-hydrogen) atoms. The van der Waals surface area contributed by atoms with E-state index < -0.39 is 17.4 Å². The maximum atomic E-state index is 13.6. The first-order valence-electron chi connectivity index (χ1n) is 5.66. The maximum Gasteiger partial charge on any atom is 0.331 e. The van der Waals surface area contributed by atoms with E-state index in [9.17, 15) is 9.18 Å². The van der Waals surface area contributed by atoms with Gasteiger partial charge in [-0.2, -0.15) is 0 Å². The summed E-state index contributed by atoms with van der Waals surface area (Å²) >= 11 is 0. The smallest absolute Gasteiger partial charge is 0.331 e. The zero-order valence-electron chi connectivity index (χ0n) is 11.1. The van der Waals surface area contributed by atoms with Crippen molar-refractivity contribution >= 4 is 17.7 Å². The number of carbonyl (C=O) groups is 1. The number of anilines is 1. The normalized spacial score (nSPS) is 11.8. The van der Waals surface area contributed by atoms with Gasteiger partial charge in [0.25, 0.3) is 0 Å². The third-order valence-electron chi connectivity index (χ3n) is 2.30. The maximum absolute atomic E-state index is 13.6. The number of carbonyl (C=O) groups excluding carboxylic acids is 1. The molecule has 1 aromatic rings. The molecule has 0 aromatic heterocycles. The van der Waals surface area contributed by atoms with Gasteiger partial charge in [0.05, 0.1) is 0 Å². The van der Waals surface area contributed by atoms with Crippen molar-refractivity contribution in [1.29, 1.82) is 0 Å². The molecule has 1 aromatic carbocycles. The molecule has 0 radical (unpaired) electrons. The summed E-state index contributed by atoms with van der Waals surface area (Å²) in [5.74, 6) is -0.926. The summed E-state index contributed by atoms with van der Waals surface area (Å²) in [6.07, 6.45) is 2.59. The Balaban J connectivity index is 2.92. The summed E-state index contributed by atoms with van der Waals surface area (Å²) in [4.78, 5) is 11.5. The molecule has 2 N–H and O–H groups in total. The minimum Gasteiger partial charge on any atom is -0.457 e. The molecular weight excluding hydrogens is 233 g/mol. The molecule has 0 bridgehead atoms. The van der Waals surface area contributed by atoms with Gasteiger partial charge in [0, 0.05) is 17.3 Å². The van der Waals surface area contributed by atoms with E-state index in [4.69, 9.17) is 10.5 Å². The van der Waals surface area contributed by atoms with Gasteiger partial charge >= 0.3 is 5.97 Å². The van der Waals surface area contributed by atoms with Gasteiger partial charge in [-0.05, 0) is 51.5 Å². The van der Waals surface area contributed by atoms with Crippen molar-refractivity contribution in [2.24, 2.45) is 0 Å². The summed E-state index contributed by atoms with van der Waals surface area (Å²) in [5, 5.41) is 0. The topological polar surface area (TPSA) is 52.3 Å². The zero-order chi connectivity index (χ0) is 13.9. The lowest BCUT2D eigenvalue weighted by Crippen LogP contribution is -2.22. The van der Waals surface area contributed by atoms with E-state index in [0.717, 1.165) is 0 Å². The van der Waals surface area contributed by atoms with Crippen molar-refractivity contribution < 1.29 is 13.9 Å². The van der Waals surface area contributed by atoms with Crippen LogP contribution < -0.4 is 5.73 Å². The molecule has 0 amide bonds. The van der Waals surface area contributed by atoms with Crippen molar-refractivity contribution in [2.75, 3.05) is 5.73 Å². The lowest BCUT2D eigenvalue weighted by Gasteiger charge is -2.18. The van der Waals surface area contributed by atoms with Gasteiger partial charge in [0.1, 0.15) is 11.4 Å². The first-order chi connectivity index (χ1) is 8.20. The lowest BCUT2D eigenvalue weighted by atomic mass is 10.1. The molecule has 4 heteroatoms. The van der Waals surface area contributed by atoms with Crippen molar-refractivity contribution in [1.82, 2.24) is 0 Å². The van der Waals surface area contributed by atoms with Crippen LogP contribution >= 0.6 is 0 Å². The minimum absolute atomic E-state index is 0.306. The molecule has 98 valence electrons. The molecule has 0 aliphatic heterocycles. The van der Waals surface area contributed by atoms with Crippen LogP contribution in [0.2, 0.25) is 0 Å². The molecule has 3 nitrogen and oxygen atoms in total. The van der Waals surface area contributed by atoms with E-state index in [-0.39, 0.29) is 0 Å². The van der Waals surface area contributed by atoms with Crippen molar-refractivity contribution in [3.8, 4) is 0 Å². The molecule has 0 saturated carbocycles. The monoisotopic (exact) mass is 251 g/mol.